The number of para-hydroxylation sites is 2. The summed E-state index contributed by atoms with van der Waals surface area (Å²) in [6, 6.07) is 10.9. The molecule has 1 saturated heterocycles. The lowest BCUT2D eigenvalue weighted by molar-refractivity contribution is 0.578. The van der Waals surface area contributed by atoms with Crippen LogP contribution in [0.25, 0.3) is 0 Å². The second-order valence-electron chi connectivity index (χ2n) is 5.05. The van der Waals surface area contributed by atoms with Gasteiger partial charge in [-0.3, -0.25) is 0 Å². The zero-order valence-corrected chi connectivity index (χ0v) is 12.0. The van der Waals surface area contributed by atoms with Crippen LogP contribution in [-0.2, 0) is 6.54 Å². The van der Waals surface area contributed by atoms with Gasteiger partial charge in [0.2, 0.25) is 0 Å². The van der Waals surface area contributed by atoms with Crippen LogP contribution in [0.1, 0.15) is 24.8 Å². The Bertz CT molecular complexity index is 501. The average molecular weight is 272 g/mol. The van der Waals surface area contributed by atoms with Gasteiger partial charge >= 0.3 is 0 Å². The summed E-state index contributed by atoms with van der Waals surface area (Å²) in [6.45, 7) is 3.29. The molecule has 0 atom stereocenters. The van der Waals surface area contributed by atoms with E-state index in [4.69, 9.17) is 0 Å². The van der Waals surface area contributed by atoms with Gasteiger partial charge in [-0.2, -0.15) is 11.3 Å². The molecule has 3 rings (SSSR count). The molecule has 0 bridgehead atoms. The Hall–Kier alpha value is -1.48. The minimum Gasteiger partial charge on any atom is -0.379 e. The third-order valence-corrected chi connectivity index (χ3v) is 4.40. The maximum atomic E-state index is 3.58. The van der Waals surface area contributed by atoms with E-state index in [9.17, 15) is 0 Å². The third-order valence-electron chi connectivity index (χ3n) is 3.66. The Morgan fingerprint density at radius 1 is 1.05 bits per heavy atom. The van der Waals surface area contributed by atoms with Crippen molar-refractivity contribution >= 4 is 22.7 Å². The molecule has 1 aliphatic heterocycles. The van der Waals surface area contributed by atoms with Crippen molar-refractivity contribution in [1.29, 1.82) is 0 Å². The number of anilines is 2. The standard InChI is InChI=1S/C16H20N2S/c1-4-9-18(10-5-1)16-7-3-2-6-15(16)17-12-14-8-11-19-13-14/h2-3,6-8,11,13,17H,1,4-5,9-10,12H2. The van der Waals surface area contributed by atoms with Crippen LogP contribution in [0.5, 0.6) is 0 Å². The number of nitrogens with zero attached hydrogens (tertiary/aromatic N) is 1. The van der Waals surface area contributed by atoms with Crippen LogP contribution in [-0.4, -0.2) is 13.1 Å². The first-order chi connectivity index (χ1) is 9.43. The summed E-state index contributed by atoms with van der Waals surface area (Å²) in [6.07, 6.45) is 4.01. The van der Waals surface area contributed by atoms with Crippen molar-refractivity contribution < 1.29 is 0 Å². The van der Waals surface area contributed by atoms with Crippen LogP contribution >= 0.6 is 11.3 Å². The van der Waals surface area contributed by atoms with Gasteiger partial charge in [-0.1, -0.05) is 12.1 Å². The van der Waals surface area contributed by atoms with Crippen molar-refractivity contribution in [2.75, 3.05) is 23.3 Å². The van der Waals surface area contributed by atoms with E-state index in [1.807, 2.05) is 0 Å². The molecule has 1 N–H and O–H groups in total. The zero-order chi connectivity index (χ0) is 12.9. The van der Waals surface area contributed by atoms with Crippen molar-refractivity contribution in [3.63, 3.8) is 0 Å². The Labute approximate surface area is 119 Å². The number of benzene rings is 1. The van der Waals surface area contributed by atoms with Gasteiger partial charge in [0.1, 0.15) is 0 Å². The van der Waals surface area contributed by atoms with E-state index in [2.05, 4.69) is 51.3 Å². The molecule has 0 saturated carbocycles. The number of nitrogens with one attached hydrogen (secondary N) is 1. The van der Waals surface area contributed by atoms with Gasteiger partial charge < -0.3 is 10.2 Å². The van der Waals surface area contributed by atoms with Gasteiger partial charge in [0.25, 0.3) is 0 Å². The Morgan fingerprint density at radius 2 is 1.89 bits per heavy atom. The van der Waals surface area contributed by atoms with Gasteiger partial charge in [0.05, 0.1) is 11.4 Å². The summed E-state index contributed by atoms with van der Waals surface area (Å²) >= 11 is 1.76. The van der Waals surface area contributed by atoms with Gasteiger partial charge in [-0.15, -0.1) is 0 Å². The molecular formula is C16H20N2S. The van der Waals surface area contributed by atoms with Crippen molar-refractivity contribution in [3.05, 3.63) is 46.7 Å². The van der Waals surface area contributed by atoms with Gasteiger partial charge in [0.15, 0.2) is 0 Å². The largest absolute Gasteiger partial charge is 0.379 e. The molecule has 19 heavy (non-hydrogen) atoms. The topological polar surface area (TPSA) is 15.3 Å². The molecule has 2 heterocycles. The van der Waals surface area contributed by atoms with Crippen LogP contribution < -0.4 is 10.2 Å². The Kier molecular flexibility index (Phi) is 4.04. The summed E-state index contributed by atoms with van der Waals surface area (Å²) in [5, 5.41) is 7.92. The molecule has 100 valence electrons. The summed E-state index contributed by atoms with van der Waals surface area (Å²) < 4.78 is 0. The fourth-order valence-corrected chi connectivity index (χ4v) is 3.29. The third kappa shape index (κ3) is 3.10. The lowest BCUT2D eigenvalue weighted by Crippen LogP contribution is -2.30. The fraction of sp³-hybridized carbons (Fsp3) is 0.375. The lowest BCUT2D eigenvalue weighted by atomic mass is 10.1. The first-order valence-corrected chi connectivity index (χ1v) is 7.97. The maximum absolute atomic E-state index is 3.58. The minimum absolute atomic E-state index is 0.911. The predicted molar refractivity (Wildman–Crippen MR) is 84.2 cm³/mol. The van der Waals surface area contributed by atoms with Crippen molar-refractivity contribution in [1.82, 2.24) is 0 Å². The average Bonchev–Trinajstić information content (AvgIpc) is 3.00. The molecule has 1 aromatic heterocycles. The van der Waals surface area contributed by atoms with E-state index in [-0.39, 0.29) is 0 Å². The number of rotatable bonds is 4. The normalized spacial score (nSPS) is 15.5. The predicted octanol–water partition coefficient (Wildman–Crippen LogP) is 4.35. The summed E-state index contributed by atoms with van der Waals surface area (Å²) in [4.78, 5) is 2.51. The molecule has 0 aliphatic carbocycles. The summed E-state index contributed by atoms with van der Waals surface area (Å²) in [7, 11) is 0. The summed E-state index contributed by atoms with van der Waals surface area (Å²) in [5.41, 5.74) is 3.98. The van der Waals surface area contributed by atoms with Crippen LogP contribution in [0, 0.1) is 0 Å². The first kappa shape index (κ1) is 12.5. The minimum atomic E-state index is 0.911. The Morgan fingerprint density at radius 3 is 2.68 bits per heavy atom. The number of hydrogen-bond donors (Lipinski definition) is 1. The van der Waals surface area contributed by atoms with Crippen LogP contribution in [0.4, 0.5) is 11.4 Å². The molecule has 3 heteroatoms. The SMILES string of the molecule is c1ccc(N2CCCCC2)c(NCc2ccsc2)c1. The molecule has 0 spiro atoms. The number of hydrogen-bond acceptors (Lipinski definition) is 3. The second-order valence-corrected chi connectivity index (χ2v) is 5.83. The molecule has 0 radical (unpaired) electrons. The zero-order valence-electron chi connectivity index (χ0n) is 11.1. The highest BCUT2D eigenvalue weighted by atomic mass is 32.1. The molecule has 0 unspecified atom stereocenters. The molecule has 0 amide bonds. The number of piperidine rings is 1. The first-order valence-electron chi connectivity index (χ1n) is 7.02. The van der Waals surface area contributed by atoms with E-state index in [1.54, 1.807) is 11.3 Å². The van der Waals surface area contributed by atoms with Crippen molar-refractivity contribution in [2.45, 2.75) is 25.8 Å². The lowest BCUT2D eigenvalue weighted by Gasteiger charge is -2.30. The van der Waals surface area contributed by atoms with E-state index in [0.717, 1.165) is 6.54 Å². The van der Waals surface area contributed by atoms with Crippen LogP contribution in [0.3, 0.4) is 0 Å². The summed E-state index contributed by atoms with van der Waals surface area (Å²) in [5.74, 6) is 0. The van der Waals surface area contributed by atoms with E-state index < -0.39 is 0 Å². The van der Waals surface area contributed by atoms with E-state index in [1.165, 1.54) is 49.3 Å². The van der Waals surface area contributed by atoms with Crippen molar-refractivity contribution in [2.24, 2.45) is 0 Å². The molecule has 2 nitrogen and oxygen atoms in total. The van der Waals surface area contributed by atoms with Crippen molar-refractivity contribution in [3.8, 4) is 0 Å². The highest BCUT2D eigenvalue weighted by Gasteiger charge is 2.13. The molecule has 1 fully saturated rings. The quantitative estimate of drug-likeness (QED) is 0.890. The fourth-order valence-electron chi connectivity index (χ4n) is 2.62. The van der Waals surface area contributed by atoms with E-state index >= 15 is 0 Å². The highest BCUT2D eigenvalue weighted by molar-refractivity contribution is 7.07. The van der Waals surface area contributed by atoms with E-state index in [0.29, 0.717) is 0 Å². The van der Waals surface area contributed by atoms with Gasteiger partial charge in [-0.25, -0.2) is 0 Å². The van der Waals surface area contributed by atoms with Crippen LogP contribution in [0.2, 0.25) is 0 Å². The second kappa shape index (κ2) is 6.11. The maximum Gasteiger partial charge on any atom is 0.0602 e. The molecule has 2 aromatic rings. The van der Waals surface area contributed by atoms with Gasteiger partial charge in [-0.05, 0) is 53.8 Å². The Balaban J connectivity index is 1.73. The smallest absolute Gasteiger partial charge is 0.0602 e. The highest BCUT2D eigenvalue weighted by Crippen LogP contribution is 2.28. The number of thiophene rings is 1. The van der Waals surface area contributed by atoms with Crippen LogP contribution in [0.15, 0.2) is 41.1 Å². The molecule has 1 aromatic carbocycles. The van der Waals surface area contributed by atoms with Gasteiger partial charge in [0, 0.05) is 19.6 Å². The molecule has 1 aliphatic rings. The molecular weight excluding hydrogens is 252 g/mol. The monoisotopic (exact) mass is 272 g/mol.